The van der Waals surface area contributed by atoms with Crippen molar-refractivity contribution in [3.63, 3.8) is 0 Å². The minimum atomic E-state index is -0.292. The number of aryl methyl sites for hydroxylation is 2. The molecule has 144 valence electrons. The Labute approximate surface area is 169 Å². The summed E-state index contributed by atoms with van der Waals surface area (Å²) in [6, 6.07) is 22.1. The summed E-state index contributed by atoms with van der Waals surface area (Å²) in [6.07, 6.45) is 0. The zero-order valence-corrected chi connectivity index (χ0v) is 16.4. The Morgan fingerprint density at radius 1 is 0.966 bits per heavy atom. The zero-order valence-electron chi connectivity index (χ0n) is 16.4. The molecule has 0 atom stereocenters. The average molecular weight is 384 g/mol. The van der Waals surface area contributed by atoms with Gasteiger partial charge in [-0.1, -0.05) is 60.2 Å². The van der Waals surface area contributed by atoms with Crippen LogP contribution >= 0.6 is 0 Å². The number of amides is 1. The van der Waals surface area contributed by atoms with Crippen LogP contribution in [0.25, 0.3) is 22.0 Å². The Hall–Kier alpha value is -3.53. The summed E-state index contributed by atoms with van der Waals surface area (Å²) < 4.78 is 13.1. The van der Waals surface area contributed by atoms with Crippen LogP contribution in [0.1, 0.15) is 27.2 Å². The van der Waals surface area contributed by atoms with Crippen LogP contribution in [0.2, 0.25) is 0 Å². The van der Waals surface area contributed by atoms with Gasteiger partial charge in [0.25, 0.3) is 5.91 Å². The maximum absolute atomic E-state index is 13.1. The number of fused-ring (bicyclic) bond motifs is 1. The lowest BCUT2D eigenvalue weighted by molar-refractivity contribution is 0.0952. The number of aromatic nitrogens is 1. The first-order chi connectivity index (χ1) is 14.0. The van der Waals surface area contributed by atoms with Crippen LogP contribution in [0, 0.1) is 19.7 Å². The van der Waals surface area contributed by atoms with Crippen molar-refractivity contribution in [1.29, 1.82) is 0 Å². The number of halogens is 1. The highest BCUT2D eigenvalue weighted by Crippen LogP contribution is 2.30. The molecule has 0 spiro atoms. The number of para-hydroxylation sites is 1. The molecule has 0 radical (unpaired) electrons. The fourth-order valence-corrected chi connectivity index (χ4v) is 3.41. The molecule has 1 heterocycles. The van der Waals surface area contributed by atoms with Gasteiger partial charge in [-0.3, -0.25) is 9.78 Å². The number of pyridine rings is 1. The summed E-state index contributed by atoms with van der Waals surface area (Å²) in [4.78, 5) is 17.7. The number of carbonyl (C=O) groups excluding carboxylic acids is 1. The molecule has 1 amide bonds. The van der Waals surface area contributed by atoms with E-state index in [2.05, 4.69) is 36.5 Å². The summed E-state index contributed by atoms with van der Waals surface area (Å²) in [5.74, 6) is -0.467. The fourth-order valence-electron chi connectivity index (χ4n) is 3.41. The first kappa shape index (κ1) is 18.8. The zero-order chi connectivity index (χ0) is 20.4. The van der Waals surface area contributed by atoms with Gasteiger partial charge in [-0.25, -0.2) is 4.39 Å². The largest absolute Gasteiger partial charge is 0.348 e. The van der Waals surface area contributed by atoms with E-state index in [9.17, 15) is 9.18 Å². The van der Waals surface area contributed by atoms with Crippen molar-refractivity contribution in [2.45, 2.75) is 20.4 Å². The highest BCUT2D eigenvalue weighted by Gasteiger charge is 2.15. The lowest BCUT2D eigenvalue weighted by atomic mass is 9.98. The number of hydrogen-bond donors (Lipinski definition) is 1. The monoisotopic (exact) mass is 384 g/mol. The van der Waals surface area contributed by atoms with Crippen molar-refractivity contribution >= 4 is 16.8 Å². The Balaban J connectivity index is 1.71. The number of nitrogens with one attached hydrogen (secondary N) is 1. The van der Waals surface area contributed by atoms with E-state index in [0.717, 1.165) is 33.3 Å². The SMILES string of the molecule is Cc1ccc(-c2cccc3c(C(=O)NCc4ccc(F)cc4)cc(C)nc23)cc1. The third-order valence-electron chi connectivity index (χ3n) is 4.94. The maximum atomic E-state index is 13.1. The van der Waals surface area contributed by atoms with Gasteiger partial charge in [0.15, 0.2) is 0 Å². The van der Waals surface area contributed by atoms with E-state index >= 15 is 0 Å². The third kappa shape index (κ3) is 4.02. The first-order valence-electron chi connectivity index (χ1n) is 9.51. The van der Waals surface area contributed by atoms with Gasteiger partial charge >= 0.3 is 0 Å². The summed E-state index contributed by atoms with van der Waals surface area (Å²) in [6.45, 7) is 4.28. The van der Waals surface area contributed by atoms with Crippen molar-refractivity contribution < 1.29 is 9.18 Å². The second-order valence-corrected chi connectivity index (χ2v) is 7.19. The van der Waals surface area contributed by atoms with Gasteiger partial charge in [0.2, 0.25) is 0 Å². The topological polar surface area (TPSA) is 42.0 Å². The minimum absolute atomic E-state index is 0.175. The number of rotatable bonds is 4. The van der Waals surface area contributed by atoms with E-state index in [1.807, 2.05) is 25.1 Å². The van der Waals surface area contributed by atoms with E-state index in [1.54, 1.807) is 18.2 Å². The Bertz CT molecular complexity index is 1180. The molecule has 1 aromatic heterocycles. The van der Waals surface area contributed by atoms with Gasteiger partial charge in [-0.05, 0) is 43.2 Å². The third-order valence-corrected chi connectivity index (χ3v) is 4.94. The predicted molar refractivity (Wildman–Crippen MR) is 114 cm³/mol. The Morgan fingerprint density at radius 3 is 2.41 bits per heavy atom. The molecule has 0 unspecified atom stereocenters. The highest BCUT2D eigenvalue weighted by molar-refractivity contribution is 6.09. The molecular formula is C25H21FN2O. The van der Waals surface area contributed by atoms with Crippen LogP contribution < -0.4 is 5.32 Å². The Morgan fingerprint density at radius 2 is 1.69 bits per heavy atom. The number of carbonyl (C=O) groups is 1. The van der Waals surface area contributed by atoms with E-state index in [4.69, 9.17) is 4.98 Å². The quantitative estimate of drug-likeness (QED) is 0.498. The summed E-state index contributed by atoms with van der Waals surface area (Å²) in [5, 5.41) is 3.74. The van der Waals surface area contributed by atoms with Crippen molar-refractivity contribution in [3.8, 4) is 11.1 Å². The molecule has 0 aliphatic rings. The highest BCUT2D eigenvalue weighted by atomic mass is 19.1. The van der Waals surface area contributed by atoms with Crippen LogP contribution in [-0.2, 0) is 6.54 Å². The van der Waals surface area contributed by atoms with Crippen LogP contribution in [0.3, 0.4) is 0 Å². The molecule has 3 aromatic carbocycles. The standard InChI is InChI=1S/C25H21FN2O/c1-16-6-10-19(11-7-16)21-4-3-5-22-23(14-17(2)28-24(21)22)25(29)27-15-18-8-12-20(26)13-9-18/h3-14H,15H2,1-2H3,(H,27,29). The second-order valence-electron chi connectivity index (χ2n) is 7.19. The van der Waals surface area contributed by atoms with Crippen molar-refractivity contribution in [3.05, 3.63) is 101 Å². The van der Waals surface area contributed by atoms with Gasteiger partial charge in [0.05, 0.1) is 11.1 Å². The molecule has 0 saturated carbocycles. The molecule has 0 fully saturated rings. The van der Waals surface area contributed by atoms with E-state index in [1.165, 1.54) is 17.7 Å². The molecule has 29 heavy (non-hydrogen) atoms. The van der Waals surface area contributed by atoms with Gasteiger partial charge in [-0.15, -0.1) is 0 Å². The van der Waals surface area contributed by atoms with Crippen molar-refractivity contribution in [2.24, 2.45) is 0 Å². The van der Waals surface area contributed by atoms with Crippen LogP contribution in [0.4, 0.5) is 4.39 Å². The normalized spacial score (nSPS) is 10.9. The maximum Gasteiger partial charge on any atom is 0.252 e. The number of benzene rings is 3. The molecule has 0 saturated heterocycles. The first-order valence-corrected chi connectivity index (χ1v) is 9.51. The Kier molecular flexibility index (Phi) is 5.09. The minimum Gasteiger partial charge on any atom is -0.348 e. The fraction of sp³-hybridized carbons (Fsp3) is 0.120. The summed E-state index contributed by atoms with van der Waals surface area (Å²) in [7, 11) is 0. The molecule has 1 N–H and O–H groups in total. The number of nitrogens with zero attached hydrogens (tertiary/aromatic N) is 1. The van der Waals surface area contributed by atoms with E-state index in [-0.39, 0.29) is 11.7 Å². The van der Waals surface area contributed by atoms with E-state index in [0.29, 0.717) is 12.1 Å². The van der Waals surface area contributed by atoms with Crippen LogP contribution in [0.15, 0.2) is 72.8 Å². The molecule has 0 bridgehead atoms. The molecular weight excluding hydrogens is 363 g/mol. The predicted octanol–water partition coefficient (Wildman–Crippen LogP) is 5.59. The van der Waals surface area contributed by atoms with E-state index < -0.39 is 0 Å². The molecule has 4 heteroatoms. The van der Waals surface area contributed by atoms with Crippen molar-refractivity contribution in [1.82, 2.24) is 10.3 Å². The number of hydrogen-bond acceptors (Lipinski definition) is 2. The second kappa shape index (κ2) is 7.84. The lowest BCUT2D eigenvalue weighted by Gasteiger charge is -2.12. The smallest absolute Gasteiger partial charge is 0.252 e. The molecule has 0 aliphatic heterocycles. The van der Waals surface area contributed by atoms with Gasteiger partial charge in [0.1, 0.15) is 5.82 Å². The molecule has 4 aromatic rings. The average Bonchev–Trinajstić information content (AvgIpc) is 2.73. The van der Waals surface area contributed by atoms with Gasteiger partial charge < -0.3 is 5.32 Å². The van der Waals surface area contributed by atoms with Crippen LogP contribution in [0.5, 0.6) is 0 Å². The lowest BCUT2D eigenvalue weighted by Crippen LogP contribution is -2.23. The molecule has 4 rings (SSSR count). The van der Waals surface area contributed by atoms with Gasteiger partial charge in [-0.2, -0.15) is 0 Å². The summed E-state index contributed by atoms with van der Waals surface area (Å²) >= 11 is 0. The summed E-state index contributed by atoms with van der Waals surface area (Å²) in [5.41, 5.74) is 6.28. The van der Waals surface area contributed by atoms with Gasteiger partial charge in [0, 0.05) is 23.2 Å². The van der Waals surface area contributed by atoms with Crippen LogP contribution in [-0.4, -0.2) is 10.9 Å². The molecule has 3 nitrogen and oxygen atoms in total. The van der Waals surface area contributed by atoms with Crippen molar-refractivity contribution in [2.75, 3.05) is 0 Å². The molecule has 0 aliphatic carbocycles.